The van der Waals surface area contributed by atoms with Crippen LogP contribution in [0.3, 0.4) is 0 Å². The second kappa shape index (κ2) is 10.5. The highest BCUT2D eigenvalue weighted by Crippen LogP contribution is 2.09. The van der Waals surface area contributed by atoms with E-state index in [0.717, 1.165) is 25.9 Å². The van der Waals surface area contributed by atoms with Gasteiger partial charge in [-0.3, -0.25) is 9.89 Å². The molecule has 1 rings (SSSR count). The topological polar surface area (TPSA) is 49.0 Å². The van der Waals surface area contributed by atoms with E-state index >= 15 is 0 Å². The minimum atomic E-state index is 0.117. The molecule has 0 aromatic carbocycles. The van der Waals surface area contributed by atoms with E-state index < -0.39 is 0 Å². The molecule has 0 saturated heterocycles. The van der Waals surface area contributed by atoms with Gasteiger partial charge in [0.25, 0.3) is 5.91 Å². The van der Waals surface area contributed by atoms with Gasteiger partial charge in [0, 0.05) is 19.3 Å². The monoisotopic (exact) mass is 279 g/mol. The zero-order chi connectivity index (χ0) is 14.6. The molecule has 0 aliphatic rings. The first-order valence-corrected chi connectivity index (χ1v) is 8.07. The SMILES string of the molecule is CCCCCCN(CCCCCC)C(=O)c1cn[nH]c1. The maximum Gasteiger partial charge on any atom is 0.257 e. The summed E-state index contributed by atoms with van der Waals surface area (Å²) in [6, 6.07) is 0. The van der Waals surface area contributed by atoms with Crippen LogP contribution in [0.2, 0.25) is 0 Å². The Morgan fingerprint density at radius 2 is 1.65 bits per heavy atom. The molecular formula is C16H29N3O. The summed E-state index contributed by atoms with van der Waals surface area (Å²) in [7, 11) is 0. The molecule has 0 bridgehead atoms. The van der Waals surface area contributed by atoms with Crippen molar-refractivity contribution in [1.82, 2.24) is 15.1 Å². The number of aromatic amines is 1. The van der Waals surface area contributed by atoms with E-state index in [9.17, 15) is 4.79 Å². The van der Waals surface area contributed by atoms with Crippen LogP contribution in [0.5, 0.6) is 0 Å². The molecule has 0 aliphatic carbocycles. The number of nitrogens with zero attached hydrogens (tertiary/aromatic N) is 2. The zero-order valence-electron chi connectivity index (χ0n) is 13.0. The van der Waals surface area contributed by atoms with E-state index in [2.05, 4.69) is 24.0 Å². The van der Waals surface area contributed by atoms with Crippen LogP contribution in [0.4, 0.5) is 0 Å². The summed E-state index contributed by atoms with van der Waals surface area (Å²) >= 11 is 0. The average molecular weight is 279 g/mol. The second-order valence-corrected chi connectivity index (χ2v) is 5.40. The van der Waals surface area contributed by atoms with Gasteiger partial charge in [0.2, 0.25) is 0 Å². The summed E-state index contributed by atoms with van der Waals surface area (Å²) in [5.74, 6) is 0.117. The maximum atomic E-state index is 12.4. The largest absolute Gasteiger partial charge is 0.339 e. The molecule has 1 heterocycles. The lowest BCUT2D eigenvalue weighted by molar-refractivity contribution is 0.0749. The predicted octanol–water partition coefficient (Wildman–Crippen LogP) is 4.01. The summed E-state index contributed by atoms with van der Waals surface area (Å²) in [5, 5.41) is 6.59. The molecule has 1 N–H and O–H groups in total. The first-order valence-electron chi connectivity index (χ1n) is 8.07. The van der Waals surface area contributed by atoms with E-state index in [0.29, 0.717) is 5.56 Å². The Hall–Kier alpha value is -1.32. The fourth-order valence-electron chi connectivity index (χ4n) is 2.32. The Kier molecular flexibility index (Phi) is 8.76. The minimum absolute atomic E-state index is 0.117. The standard InChI is InChI=1S/C16H29N3O/c1-3-5-7-9-11-19(12-10-8-6-4-2)16(20)15-13-17-18-14-15/h13-14H,3-12H2,1-2H3,(H,17,18). The van der Waals surface area contributed by atoms with Gasteiger partial charge < -0.3 is 4.90 Å². The van der Waals surface area contributed by atoms with Gasteiger partial charge in [-0.1, -0.05) is 52.4 Å². The number of nitrogens with one attached hydrogen (secondary N) is 1. The molecule has 0 atom stereocenters. The highest BCUT2D eigenvalue weighted by atomic mass is 16.2. The van der Waals surface area contributed by atoms with Crippen molar-refractivity contribution in [1.29, 1.82) is 0 Å². The molecule has 1 aromatic rings. The third kappa shape index (κ3) is 6.22. The first kappa shape index (κ1) is 16.7. The summed E-state index contributed by atoms with van der Waals surface area (Å²) in [6.45, 7) is 6.16. The van der Waals surface area contributed by atoms with Crippen molar-refractivity contribution < 1.29 is 4.79 Å². The van der Waals surface area contributed by atoms with Crippen LogP contribution < -0.4 is 0 Å². The van der Waals surface area contributed by atoms with E-state index in [1.807, 2.05) is 4.90 Å². The van der Waals surface area contributed by atoms with Gasteiger partial charge in [-0.25, -0.2) is 0 Å². The number of carbonyl (C=O) groups excluding carboxylic acids is 1. The summed E-state index contributed by atoms with van der Waals surface area (Å²) in [6.07, 6.45) is 12.9. The number of hydrogen-bond donors (Lipinski definition) is 1. The number of hydrogen-bond acceptors (Lipinski definition) is 2. The molecule has 0 radical (unpaired) electrons. The molecular weight excluding hydrogens is 250 g/mol. The van der Waals surface area contributed by atoms with E-state index in [1.54, 1.807) is 12.4 Å². The van der Waals surface area contributed by atoms with Gasteiger partial charge >= 0.3 is 0 Å². The first-order chi connectivity index (χ1) is 9.79. The zero-order valence-corrected chi connectivity index (χ0v) is 13.0. The average Bonchev–Trinajstić information content (AvgIpc) is 2.99. The van der Waals surface area contributed by atoms with Gasteiger partial charge in [-0.15, -0.1) is 0 Å². The number of carbonyl (C=O) groups is 1. The third-order valence-corrected chi connectivity index (χ3v) is 3.60. The Bertz CT molecular complexity index is 337. The van der Waals surface area contributed by atoms with Crippen molar-refractivity contribution in [3.63, 3.8) is 0 Å². The second-order valence-electron chi connectivity index (χ2n) is 5.40. The molecule has 20 heavy (non-hydrogen) atoms. The van der Waals surface area contributed by atoms with Gasteiger partial charge in [0.05, 0.1) is 11.8 Å². The normalized spacial score (nSPS) is 10.7. The Labute approximate surface area is 122 Å². The third-order valence-electron chi connectivity index (χ3n) is 3.60. The lowest BCUT2D eigenvalue weighted by Crippen LogP contribution is -2.32. The molecule has 4 heteroatoms. The van der Waals surface area contributed by atoms with Crippen LogP contribution in [0, 0.1) is 0 Å². The van der Waals surface area contributed by atoms with Crippen LogP contribution in [0.1, 0.15) is 75.6 Å². The van der Waals surface area contributed by atoms with E-state index in [1.165, 1.54) is 38.5 Å². The molecule has 0 aliphatic heterocycles. The molecule has 1 aromatic heterocycles. The lowest BCUT2D eigenvalue weighted by Gasteiger charge is -2.22. The summed E-state index contributed by atoms with van der Waals surface area (Å²) < 4.78 is 0. The fraction of sp³-hybridized carbons (Fsp3) is 0.750. The van der Waals surface area contributed by atoms with Crippen molar-refractivity contribution in [2.24, 2.45) is 0 Å². The Balaban J connectivity index is 2.43. The van der Waals surface area contributed by atoms with Crippen molar-refractivity contribution in [3.05, 3.63) is 18.0 Å². The van der Waals surface area contributed by atoms with Crippen LogP contribution in [-0.4, -0.2) is 34.1 Å². The number of unbranched alkanes of at least 4 members (excludes halogenated alkanes) is 6. The molecule has 114 valence electrons. The quantitative estimate of drug-likeness (QED) is 0.622. The number of H-pyrrole nitrogens is 1. The highest BCUT2D eigenvalue weighted by Gasteiger charge is 2.15. The predicted molar refractivity (Wildman–Crippen MR) is 82.8 cm³/mol. The molecule has 4 nitrogen and oxygen atoms in total. The van der Waals surface area contributed by atoms with Crippen molar-refractivity contribution in [3.8, 4) is 0 Å². The van der Waals surface area contributed by atoms with Gasteiger partial charge in [-0.05, 0) is 12.8 Å². The van der Waals surface area contributed by atoms with E-state index in [4.69, 9.17) is 0 Å². The fourth-order valence-corrected chi connectivity index (χ4v) is 2.32. The number of amides is 1. The molecule has 0 unspecified atom stereocenters. The van der Waals surface area contributed by atoms with Crippen molar-refractivity contribution in [2.75, 3.05) is 13.1 Å². The number of rotatable bonds is 11. The molecule has 0 fully saturated rings. The van der Waals surface area contributed by atoms with Gasteiger partial charge in [0.15, 0.2) is 0 Å². The maximum absolute atomic E-state index is 12.4. The van der Waals surface area contributed by atoms with Crippen molar-refractivity contribution in [2.45, 2.75) is 65.2 Å². The number of aromatic nitrogens is 2. The Morgan fingerprint density at radius 3 is 2.10 bits per heavy atom. The van der Waals surface area contributed by atoms with Gasteiger partial charge in [0.1, 0.15) is 0 Å². The Morgan fingerprint density at radius 1 is 1.05 bits per heavy atom. The molecule has 0 saturated carbocycles. The smallest absolute Gasteiger partial charge is 0.257 e. The van der Waals surface area contributed by atoms with E-state index in [-0.39, 0.29) is 5.91 Å². The summed E-state index contributed by atoms with van der Waals surface area (Å²) in [5.41, 5.74) is 0.677. The highest BCUT2D eigenvalue weighted by molar-refractivity contribution is 5.93. The minimum Gasteiger partial charge on any atom is -0.339 e. The van der Waals surface area contributed by atoms with Gasteiger partial charge in [-0.2, -0.15) is 5.10 Å². The van der Waals surface area contributed by atoms with Crippen molar-refractivity contribution >= 4 is 5.91 Å². The van der Waals surface area contributed by atoms with Crippen LogP contribution in [-0.2, 0) is 0 Å². The van der Waals surface area contributed by atoms with Crippen LogP contribution in [0.15, 0.2) is 12.4 Å². The summed E-state index contributed by atoms with van der Waals surface area (Å²) in [4.78, 5) is 14.4. The molecule has 1 amide bonds. The van der Waals surface area contributed by atoms with Crippen LogP contribution in [0.25, 0.3) is 0 Å². The molecule has 0 spiro atoms. The lowest BCUT2D eigenvalue weighted by atomic mass is 10.1. The van der Waals surface area contributed by atoms with Crippen LogP contribution >= 0.6 is 0 Å².